The van der Waals surface area contributed by atoms with Crippen molar-refractivity contribution in [3.8, 4) is 0 Å². The van der Waals surface area contributed by atoms with Gasteiger partial charge in [0.25, 0.3) is 0 Å². The van der Waals surface area contributed by atoms with Gasteiger partial charge in [0.05, 0.1) is 126 Å². The Hall–Kier alpha value is -2.83. The van der Waals surface area contributed by atoms with Crippen molar-refractivity contribution in [3.05, 3.63) is 0 Å². The van der Waals surface area contributed by atoms with E-state index in [0.717, 1.165) is 7.11 Å². The summed E-state index contributed by atoms with van der Waals surface area (Å²) in [5.41, 5.74) is 0. The number of carbonyl (C=O) groups excluding carboxylic acids is 2. The van der Waals surface area contributed by atoms with Crippen molar-refractivity contribution < 1.29 is 238 Å². The lowest BCUT2D eigenvalue weighted by Gasteiger charge is -2.39. The second-order valence-corrected chi connectivity index (χ2v) is 27.3. The van der Waals surface area contributed by atoms with Gasteiger partial charge in [-0.1, -0.05) is 14.9 Å². The zero-order valence-corrected chi connectivity index (χ0v) is 54.1. The minimum absolute atomic E-state index is 0. The molecule has 55 nitrogen and oxygen atoms in total. The van der Waals surface area contributed by atoms with Crippen LogP contribution < -0.4 is 24.4 Å². The van der Waals surface area contributed by atoms with Crippen LogP contribution in [-0.2, 0) is 156 Å². The molecule has 16 atom stereocenters. The SMILES string of the molecule is C.C.CO[C@@H]1C(COS(=O)(=O)[O-])OCC(NS(=O)(=O)[O-])[C@@H]1O.O.O.O.O.O.O=C([O-])C1C[C@@H](O)C(O)CO1.O=C([O-])C1C[C@@H](OS(=O)(=O)[O-])C(OS(=O)(=O)[O-])CO1.O=S(=O)([O-])NC1COC(COS(=O)(=O)[O-])C[C@H]1O.O=S(=O)([O-])NC1COC(COS(=O)(=O)[O-])C[C@H]1OS(=O)(=O)[O-]. The zero-order chi connectivity index (χ0) is 70.0. The van der Waals surface area contributed by atoms with Crippen molar-refractivity contribution in [2.45, 2.75) is 138 Å². The Kier molecular flexibility index (Phi) is 50.3. The Morgan fingerprint density at radius 3 is 1.13 bits per heavy atom. The number of ether oxygens (including phenoxy) is 6. The maximum Gasteiger partial charge on any atom is 0.218 e. The fourth-order valence-electron chi connectivity index (χ4n) is 7.18. The average molecular weight is 1630 g/mol. The van der Waals surface area contributed by atoms with Crippen LogP contribution in [0.5, 0.6) is 0 Å². The molecule has 0 aromatic carbocycles. The first-order chi connectivity index (χ1) is 40.4. The van der Waals surface area contributed by atoms with Gasteiger partial charge in [-0.2, -0.15) is 0 Å². The molecule has 0 bridgehead atoms. The van der Waals surface area contributed by atoms with Crippen molar-refractivity contribution in [1.29, 1.82) is 0 Å². The van der Waals surface area contributed by atoms with Gasteiger partial charge in [-0.25, -0.2) is 89.9 Å². The summed E-state index contributed by atoms with van der Waals surface area (Å²) in [4.78, 5) is 20.7. The normalized spacial score (nSPS) is 28.6. The lowest BCUT2D eigenvalue weighted by Crippen LogP contribution is -2.60. The highest BCUT2D eigenvalue weighted by molar-refractivity contribution is 7.84. The third kappa shape index (κ3) is 50.2. The standard InChI is InChI=1S/C7H15NO10S2.C6H13NO12S3.C6H13NO9S2.C6H10O11S2.C6H10O5.2CH4.5H2O/c1-16-7-5(3-18-20(13,14)15)17-2-4(6(7)9)8-19(10,11)12;8-20(9,10)7-5-3-17-4(2-18-21(11,12)13)1-6(5)19-22(14,15)16;8-6-1-4(2-16-18(12,13)14)15-3-5(6)7-17(9,10)11;7-6(8)4-1-3(16-18(9,10)11)5(2-15-4)17-19(12,13)14;7-3-1-5(6(9)10)11-2-4(3)8;;;;;;;/h4-9H,2-3H2,1H3,(H,10,11,12)(H,13,14,15);4-7H,1-3H2,(H,8,9,10)(H,11,12,13)(H,14,15,16);4-8H,1-3H2,(H,9,10,11)(H,12,13,14);3-5H,1-2H2,(H,7,8)(H,9,10,11)(H,12,13,14);3-5,7-8H,1-2H2,(H,9,10);2*1H4;5*1H2/p-11/t4?,5?,6-,7+;2*4?,5?,6-;2*3-,4?,5?;;;;;;;/m01111......./s1. The molecular weight excluding hydrogens is 1560 g/mol. The first-order valence-electron chi connectivity index (χ1n) is 23.1. The second-order valence-electron chi connectivity index (χ2n) is 17.6. The molecule has 0 spiro atoms. The van der Waals surface area contributed by atoms with Crippen LogP contribution in [0, 0.1) is 0 Å². The minimum atomic E-state index is -5.26. The number of carbonyl (C=O) groups is 2. The first-order valence-corrected chi connectivity index (χ1v) is 35.3. The predicted molar refractivity (Wildman–Crippen MR) is 284 cm³/mol. The van der Waals surface area contributed by atoms with Gasteiger partial charge in [0.1, 0.15) is 36.6 Å². The molecule has 17 N–H and O–H groups in total. The first kappa shape index (κ1) is 108. The van der Waals surface area contributed by atoms with E-state index >= 15 is 0 Å². The van der Waals surface area contributed by atoms with Crippen LogP contribution in [-0.4, -0.2) is 334 Å². The quantitative estimate of drug-likeness (QED) is 0.0348. The van der Waals surface area contributed by atoms with E-state index in [2.05, 4.69) is 34.6 Å². The number of carboxylic acids is 2. The lowest BCUT2D eigenvalue weighted by atomic mass is 9.99. The monoisotopic (exact) mass is 1630 g/mol. The number of aliphatic carboxylic acids is 2. The summed E-state index contributed by atoms with van der Waals surface area (Å²) in [6.07, 6.45) is -18.5. The molecule has 5 rings (SSSR count). The number of nitrogens with one attached hydrogen (secondary N) is 3. The molecule has 592 valence electrons. The van der Waals surface area contributed by atoms with Gasteiger partial charge in [-0.15, -0.1) is 0 Å². The van der Waals surface area contributed by atoms with Crippen LogP contribution in [0.4, 0.5) is 0 Å². The maximum atomic E-state index is 10.6. The minimum Gasteiger partial charge on any atom is -0.735 e. The van der Waals surface area contributed by atoms with Crippen molar-refractivity contribution in [3.63, 3.8) is 0 Å². The Balaban J connectivity index is -0.000000207. The number of methoxy groups -OCH3 is 1. The van der Waals surface area contributed by atoms with E-state index in [1.807, 2.05) is 0 Å². The molecule has 5 heterocycles. The summed E-state index contributed by atoms with van der Waals surface area (Å²) in [6.45, 7) is -4.40. The van der Waals surface area contributed by atoms with E-state index in [0.29, 0.717) is 0 Å². The van der Waals surface area contributed by atoms with Crippen LogP contribution in [0.15, 0.2) is 0 Å². The van der Waals surface area contributed by atoms with E-state index in [1.54, 1.807) is 9.44 Å². The highest BCUT2D eigenvalue weighted by Gasteiger charge is 2.42. The van der Waals surface area contributed by atoms with E-state index in [-0.39, 0.29) is 68.3 Å². The summed E-state index contributed by atoms with van der Waals surface area (Å²) in [7, 11) is -43.9. The lowest BCUT2D eigenvalue weighted by molar-refractivity contribution is -0.322. The molecule has 5 aliphatic heterocycles. The molecule has 0 aromatic rings. The number of aliphatic hydroxyl groups is 4. The van der Waals surface area contributed by atoms with Crippen molar-refractivity contribution in [1.82, 2.24) is 14.2 Å². The molecule has 5 saturated heterocycles. The number of carboxylic acid groups (broad SMARTS) is 2. The Bertz CT molecular complexity index is 3360. The molecule has 5 aliphatic rings. The summed E-state index contributed by atoms with van der Waals surface area (Å²) in [6, 6.07) is -3.87. The summed E-state index contributed by atoms with van der Waals surface area (Å²) >= 11 is 0. The number of hydrogen-bond donors (Lipinski definition) is 7. The molecule has 0 radical (unpaired) electrons. The molecule has 0 amide bonds. The van der Waals surface area contributed by atoms with Gasteiger partial charge in [0, 0.05) is 32.8 Å². The van der Waals surface area contributed by atoms with Gasteiger partial charge in [0.2, 0.25) is 62.4 Å². The maximum absolute atomic E-state index is 10.6. The molecule has 0 aliphatic carbocycles. The third-order valence-corrected chi connectivity index (χ3v) is 15.3. The van der Waals surface area contributed by atoms with Crippen LogP contribution in [0.2, 0.25) is 0 Å². The van der Waals surface area contributed by atoms with Gasteiger partial charge in [-0.3, -0.25) is 25.1 Å². The highest BCUT2D eigenvalue weighted by Crippen LogP contribution is 2.24. The Morgan fingerprint density at radius 1 is 0.402 bits per heavy atom. The van der Waals surface area contributed by atoms with Crippen LogP contribution >= 0.6 is 0 Å². The Morgan fingerprint density at radius 2 is 0.753 bits per heavy atom. The van der Waals surface area contributed by atoms with Gasteiger partial charge < -0.3 is 137 Å². The fraction of sp³-hybridized carbons (Fsp3) is 0.939. The van der Waals surface area contributed by atoms with Crippen molar-refractivity contribution in [2.75, 3.05) is 60.0 Å². The topological polar surface area (TPSA) is 980 Å². The van der Waals surface area contributed by atoms with E-state index in [4.69, 9.17) is 29.2 Å². The largest absolute Gasteiger partial charge is 0.735 e. The smallest absolute Gasteiger partial charge is 0.218 e. The summed E-state index contributed by atoms with van der Waals surface area (Å²) in [5.74, 6) is -3.07. The predicted octanol–water partition coefficient (Wildman–Crippen LogP) is -19.2. The summed E-state index contributed by atoms with van der Waals surface area (Å²) < 4.78 is 339. The third-order valence-electron chi connectivity index (χ3n) is 10.8. The van der Waals surface area contributed by atoms with Crippen molar-refractivity contribution >= 4 is 105 Å². The van der Waals surface area contributed by atoms with Crippen LogP contribution in [0.3, 0.4) is 0 Å². The zero-order valence-electron chi connectivity index (χ0n) is 46.7. The molecule has 5 fully saturated rings. The van der Waals surface area contributed by atoms with E-state index in [1.165, 1.54) is 4.72 Å². The van der Waals surface area contributed by atoms with E-state index < -0.39 is 255 Å². The van der Waals surface area contributed by atoms with Crippen LogP contribution in [0.1, 0.15) is 40.5 Å². The second kappa shape index (κ2) is 45.3. The average Bonchev–Trinajstić information content (AvgIpc) is 0.841. The molecule has 10 unspecified atom stereocenters. The highest BCUT2D eigenvalue weighted by atomic mass is 32.3. The van der Waals surface area contributed by atoms with Gasteiger partial charge >= 0.3 is 0 Å². The summed E-state index contributed by atoms with van der Waals surface area (Å²) in [5, 5.41) is 57.9. The van der Waals surface area contributed by atoms with Crippen molar-refractivity contribution in [2.24, 2.45) is 0 Å². The van der Waals surface area contributed by atoms with E-state index in [9.17, 15) is 147 Å². The van der Waals surface area contributed by atoms with Gasteiger partial charge in [0.15, 0.2) is 30.9 Å². The van der Waals surface area contributed by atoms with Gasteiger partial charge in [-0.05, 0) is 0 Å². The molecule has 97 heavy (non-hydrogen) atoms. The number of hydrogen-bond acceptors (Lipinski definition) is 47. The molecule has 0 aromatic heterocycles. The fourth-order valence-corrected chi connectivity index (χ4v) is 11.4. The molecule has 64 heteroatoms. The number of aliphatic hydroxyl groups excluding tert-OH is 4. The number of rotatable bonds is 24. The Labute approximate surface area is 552 Å². The molecular formula is C33H68N3O52S9-11. The van der Waals surface area contributed by atoms with Crippen LogP contribution in [0.25, 0.3) is 0 Å². The molecule has 0 saturated carbocycles.